The van der Waals surface area contributed by atoms with Crippen molar-refractivity contribution in [3.63, 3.8) is 0 Å². The number of rotatable bonds is 4. The predicted molar refractivity (Wildman–Crippen MR) is 236 cm³/mol. The Kier molecular flexibility index (Phi) is 11.0. The standard InChI is InChI=1S/C24H18Si.C22H16N2Si.2C2H6/c1-3-11-19(12-4-1)25(20-13-5-2-6-14-20)23-17-9-7-15-21(23)22-16-8-10-18-24(22)25;1-3-7-17(8-4-1)25(18-9-5-2-6-10-18)21-11-13-23-15-19(21)20-16-24-14-12-22(20)25;2*1-2/h1-18H;1-16H;2*1-2H3. The van der Waals surface area contributed by atoms with Crippen molar-refractivity contribution < 1.29 is 0 Å². The summed E-state index contributed by atoms with van der Waals surface area (Å²) < 4.78 is 0. The Balaban J connectivity index is 0.000000153. The zero-order chi connectivity index (χ0) is 37.4. The zero-order valence-electron chi connectivity index (χ0n) is 31.5. The molecule has 2 nitrogen and oxygen atoms in total. The average Bonchev–Trinajstić information content (AvgIpc) is 3.76. The molecule has 4 heterocycles. The smallest absolute Gasteiger partial charge is 0.181 e. The molecule has 0 unspecified atom stereocenters. The molecule has 0 radical (unpaired) electrons. The molecule has 0 amide bonds. The summed E-state index contributed by atoms with van der Waals surface area (Å²) in [4.78, 5) is 8.81. The highest BCUT2D eigenvalue weighted by atomic mass is 28.3. The summed E-state index contributed by atoms with van der Waals surface area (Å²) in [6, 6.07) is 66.5. The molecule has 264 valence electrons. The van der Waals surface area contributed by atoms with Gasteiger partial charge in [0.2, 0.25) is 0 Å². The van der Waals surface area contributed by atoms with Gasteiger partial charge in [-0.15, -0.1) is 0 Å². The van der Waals surface area contributed by atoms with E-state index in [2.05, 4.69) is 192 Å². The Bertz CT molecular complexity index is 2080. The van der Waals surface area contributed by atoms with Gasteiger partial charge >= 0.3 is 0 Å². The van der Waals surface area contributed by atoms with E-state index in [9.17, 15) is 0 Å². The van der Waals surface area contributed by atoms with Crippen molar-refractivity contribution in [1.29, 1.82) is 0 Å². The monoisotopic (exact) mass is 730 g/mol. The quantitative estimate of drug-likeness (QED) is 0.184. The number of fused-ring (bicyclic) bond motifs is 6. The lowest BCUT2D eigenvalue weighted by atomic mass is 10.1. The van der Waals surface area contributed by atoms with Crippen LogP contribution in [0.15, 0.2) is 207 Å². The molecule has 0 atom stereocenters. The predicted octanol–water partition coefficient (Wildman–Crippen LogP) is 6.93. The molecule has 10 rings (SSSR count). The third kappa shape index (κ3) is 5.88. The number of benzene rings is 6. The van der Waals surface area contributed by atoms with Crippen LogP contribution in [0, 0.1) is 0 Å². The van der Waals surface area contributed by atoms with Crippen molar-refractivity contribution in [3.05, 3.63) is 207 Å². The summed E-state index contributed by atoms with van der Waals surface area (Å²) in [5, 5.41) is 11.5. The molecule has 0 fully saturated rings. The summed E-state index contributed by atoms with van der Waals surface area (Å²) in [7, 11) is -4.53. The molecule has 4 heteroatoms. The van der Waals surface area contributed by atoms with Crippen molar-refractivity contribution in [2.24, 2.45) is 0 Å². The molecule has 0 saturated carbocycles. The molecule has 0 aliphatic carbocycles. The van der Waals surface area contributed by atoms with E-state index in [-0.39, 0.29) is 0 Å². The maximum absolute atomic E-state index is 4.40. The van der Waals surface area contributed by atoms with Crippen LogP contribution in [-0.4, -0.2) is 26.1 Å². The van der Waals surface area contributed by atoms with Gasteiger partial charge in [0.25, 0.3) is 0 Å². The van der Waals surface area contributed by atoms with Crippen molar-refractivity contribution in [2.45, 2.75) is 27.7 Å². The molecule has 0 saturated heterocycles. The van der Waals surface area contributed by atoms with Crippen LogP contribution < -0.4 is 41.5 Å². The minimum Gasteiger partial charge on any atom is -0.264 e. The fraction of sp³-hybridized carbons (Fsp3) is 0.0800. The second-order valence-electron chi connectivity index (χ2n) is 12.9. The second-order valence-corrected chi connectivity index (χ2v) is 20.4. The van der Waals surface area contributed by atoms with Crippen LogP contribution in [0.2, 0.25) is 0 Å². The number of hydrogen-bond donors (Lipinski definition) is 0. The van der Waals surface area contributed by atoms with Gasteiger partial charge in [-0.05, 0) is 64.8 Å². The fourth-order valence-corrected chi connectivity index (χ4v) is 18.9. The van der Waals surface area contributed by atoms with Crippen molar-refractivity contribution in [3.8, 4) is 22.3 Å². The molecule has 0 N–H and O–H groups in total. The number of hydrogen-bond acceptors (Lipinski definition) is 2. The Morgan fingerprint density at radius 2 is 0.537 bits per heavy atom. The first-order valence-electron chi connectivity index (χ1n) is 19.2. The Hall–Kier alpha value is -5.95. The molecule has 8 aromatic rings. The highest BCUT2D eigenvalue weighted by Gasteiger charge is 2.49. The van der Waals surface area contributed by atoms with Gasteiger partial charge in [0.05, 0.1) is 0 Å². The van der Waals surface area contributed by atoms with Crippen molar-refractivity contribution in [1.82, 2.24) is 9.97 Å². The van der Waals surface area contributed by atoms with E-state index in [1.165, 1.54) is 63.7 Å². The molecule has 2 aliphatic heterocycles. The molecular formula is C50H46N2Si2. The van der Waals surface area contributed by atoms with E-state index in [1.54, 1.807) is 0 Å². The Morgan fingerprint density at radius 1 is 0.278 bits per heavy atom. The molecule has 2 aliphatic rings. The van der Waals surface area contributed by atoms with Crippen LogP contribution in [0.1, 0.15) is 27.7 Å². The summed E-state index contributed by atoms with van der Waals surface area (Å²) in [6.07, 6.45) is 7.84. The van der Waals surface area contributed by atoms with E-state index in [1.807, 2.05) is 52.5 Å². The molecule has 0 spiro atoms. The van der Waals surface area contributed by atoms with E-state index in [0.717, 1.165) is 0 Å². The van der Waals surface area contributed by atoms with E-state index >= 15 is 0 Å². The maximum Gasteiger partial charge on any atom is 0.181 e. The van der Waals surface area contributed by atoms with Gasteiger partial charge < -0.3 is 0 Å². The van der Waals surface area contributed by atoms with Gasteiger partial charge in [0, 0.05) is 35.9 Å². The highest BCUT2D eigenvalue weighted by Crippen LogP contribution is 2.29. The topological polar surface area (TPSA) is 25.8 Å². The highest BCUT2D eigenvalue weighted by molar-refractivity contribution is 7.22. The van der Waals surface area contributed by atoms with Gasteiger partial charge in [0.1, 0.15) is 0 Å². The van der Waals surface area contributed by atoms with Crippen molar-refractivity contribution in [2.75, 3.05) is 0 Å². The van der Waals surface area contributed by atoms with Crippen LogP contribution in [-0.2, 0) is 0 Å². The van der Waals surface area contributed by atoms with Gasteiger partial charge in [-0.3, -0.25) is 9.97 Å². The SMILES string of the molecule is CC.CC.c1ccc([Si]2(c3ccccc3)c3ccccc3-c3ccccc32)cc1.c1ccc([Si]2(c3ccccc3)c3ccncc3-c3cnccc32)cc1. The lowest BCUT2D eigenvalue weighted by Crippen LogP contribution is -2.72. The Labute approximate surface area is 322 Å². The molecule has 54 heavy (non-hydrogen) atoms. The molecule has 6 aromatic carbocycles. The van der Waals surface area contributed by atoms with Crippen LogP contribution in [0.5, 0.6) is 0 Å². The van der Waals surface area contributed by atoms with Crippen LogP contribution >= 0.6 is 0 Å². The summed E-state index contributed by atoms with van der Waals surface area (Å²) >= 11 is 0. The first-order chi connectivity index (χ1) is 26.8. The van der Waals surface area contributed by atoms with Crippen LogP contribution in [0.4, 0.5) is 0 Å². The molecular weight excluding hydrogens is 685 g/mol. The fourth-order valence-electron chi connectivity index (χ4n) is 8.58. The zero-order valence-corrected chi connectivity index (χ0v) is 33.5. The van der Waals surface area contributed by atoms with Gasteiger partial charge in [-0.25, -0.2) is 0 Å². The van der Waals surface area contributed by atoms with E-state index in [0.29, 0.717) is 0 Å². The van der Waals surface area contributed by atoms with E-state index < -0.39 is 16.1 Å². The third-order valence-corrected chi connectivity index (χ3v) is 20.3. The Morgan fingerprint density at radius 3 is 0.852 bits per heavy atom. The minimum absolute atomic E-state index is 1.23. The first-order valence-corrected chi connectivity index (χ1v) is 23.2. The average molecular weight is 731 g/mol. The van der Waals surface area contributed by atoms with Crippen LogP contribution in [0.25, 0.3) is 22.3 Å². The summed E-state index contributed by atoms with van der Waals surface area (Å²) in [6.45, 7) is 8.00. The van der Waals surface area contributed by atoms with Gasteiger partial charge in [-0.2, -0.15) is 0 Å². The first kappa shape index (κ1) is 36.4. The molecule has 2 aromatic heterocycles. The van der Waals surface area contributed by atoms with Crippen LogP contribution in [0.3, 0.4) is 0 Å². The lowest BCUT2D eigenvalue weighted by Gasteiger charge is -2.31. The lowest BCUT2D eigenvalue weighted by molar-refractivity contribution is 1.32. The summed E-state index contributed by atoms with van der Waals surface area (Å²) in [5.74, 6) is 0. The third-order valence-electron chi connectivity index (χ3n) is 10.5. The van der Waals surface area contributed by atoms with E-state index in [4.69, 9.17) is 0 Å². The minimum atomic E-state index is -2.31. The maximum atomic E-state index is 4.40. The summed E-state index contributed by atoms with van der Waals surface area (Å²) in [5.41, 5.74) is 5.25. The second kappa shape index (κ2) is 16.4. The van der Waals surface area contributed by atoms with Gasteiger partial charge in [0.15, 0.2) is 16.1 Å². The van der Waals surface area contributed by atoms with Crippen molar-refractivity contribution >= 4 is 57.6 Å². The van der Waals surface area contributed by atoms with Gasteiger partial charge in [-0.1, -0.05) is 198 Å². The number of aromatic nitrogens is 2. The normalized spacial score (nSPS) is 13.1. The molecule has 0 bridgehead atoms. The largest absolute Gasteiger partial charge is 0.264 e. The number of nitrogens with zero attached hydrogens (tertiary/aromatic N) is 2. The number of pyridine rings is 2.